The number of hydrogen-bond acceptors (Lipinski definition) is 3. The first-order valence-corrected chi connectivity index (χ1v) is 6.87. The van der Waals surface area contributed by atoms with Gasteiger partial charge >= 0.3 is 5.69 Å². The van der Waals surface area contributed by atoms with E-state index in [4.69, 9.17) is 16.3 Å². The summed E-state index contributed by atoms with van der Waals surface area (Å²) < 4.78 is 5.62. The summed E-state index contributed by atoms with van der Waals surface area (Å²) in [5.74, 6) is 0.743. The van der Waals surface area contributed by atoms with Crippen LogP contribution in [0.2, 0.25) is 5.02 Å². The van der Waals surface area contributed by atoms with Crippen molar-refractivity contribution in [1.82, 2.24) is 0 Å². The van der Waals surface area contributed by atoms with Gasteiger partial charge in [0.25, 0.3) is 0 Å². The van der Waals surface area contributed by atoms with Crippen LogP contribution >= 0.6 is 27.5 Å². The van der Waals surface area contributed by atoms with Gasteiger partial charge in [-0.25, -0.2) is 0 Å². The Labute approximate surface area is 123 Å². The van der Waals surface area contributed by atoms with Gasteiger partial charge in [0.15, 0.2) is 0 Å². The van der Waals surface area contributed by atoms with Gasteiger partial charge in [-0.1, -0.05) is 39.7 Å². The Hall–Kier alpha value is -1.59. The van der Waals surface area contributed by atoms with Gasteiger partial charge < -0.3 is 4.74 Å². The normalized spacial score (nSPS) is 10.2. The quantitative estimate of drug-likeness (QED) is 0.449. The van der Waals surface area contributed by atoms with Crippen molar-refractivity contribution in [3.05, 3.63) is 63.2 Å². The monoisotopic (exact) mass is 341 g/mol. The van der Waals surface area contributed by atoms with Crippen molar-refractivity contribution in [1.29, 1.82) is 0 Å². The van der Waals surface area contributed by atoms with Gasteiger partial charge in [0, 0.05) is 22.0 Å². The average Bonchev–Trinajstić information content (AvgIpc) is 2.41. The highest BCUT2D eigenvalue weighted by molar-refractivity contribution is 9.08. The third-order valence-electron chi connectivity index (χ3n) is 2.45. The van der Waals surface area contributed by atoms with Gasteiger partial charge in [0.2, 0.25) is 5.75 Å². The molecule has 0 saturated carbocycles. The fourth-order valence-corrected chi connectivity index (χ4v) is 2.20. The summed E-state index contributed by atoms with van der Waals surface area (Å²) in [5, 5.41) is 12.0. The number of nitro benzene ring substituents is 1. The predicted molar refractivity (Wildman–Crippen MR) is 77.3 cm³/mol. The second-order valence-corrected chi connectivity index (χ2v) is 4.71. The summed E-state index contributed by atoms with van der Waals surface area (Å²) in [5.41, 5.74) is 0.753. The van der Waals surface area contributed by atoms with Gasteiger partial charge in [0.05, 0.1) is 4.92 Å². The maximum atomic E-state index is 10.9. The zero-order valence-electron chi connectivity index (χ0n) is 9.68. The van der Waals surface area contributed by atoms with Gasteiger partial charge in [-0.15, -0.1) is 0 Å². The molecule has 0 radical (unpaired) electrons. The molecule has 0 N–H and O–H groups in total. The fourth-order valence-electron chi connectivity index (χ4n) is 1.56. The highest BCUT2D eigenvalue weighted by Crippen LogP contribution is 2.34. The third kappa shape index (κ3) is 3.24. The van der Waals surface area contributed by atoms with Crippen LogP contribution in [0.25, 0.3) is 0 Å². The highest BCUT2D eigenvalue weighted by Gasteiger charge is 2.15. The van der Waals surface area contributed by atoms with Crippen LogP contribution in [-0.2, 0) is 5.33 Å². The second-order valence-electron chi connectivity index (χ2n) is 3.71. The summed E-state index contributed by atoms with van der Waals surface area (Å²) in [6.45, 7) is 0. The molecule has 0 aliphatic rings. The lowest BCUT2D eigenvalue weighted by atomic mass is 10.2. The van der Waals surface area contributed by atoms with E-state index in [1.54, 1.807) is 36.4 Å². The Morgan fingerprint density at radius 1 is 1.21 bits per heavy atom. The molecule has 0 fully saturated rings. The second kappa shape index (κ2) is 6.04. The number of para-hydroxylation sites is 2. The van der Waals surface area contributed by atoms with Crippen molar-refractivity contribution in [2.45, 2.75) is 5.33 Å². The van der Waals surface area contributed by atoms with E-state index >= 15 is 0 Å². The molecular formula is C13H9BrClNO3. The van der Waals surface area contributed by atoms with Crippen molar-refractivity contribution in [2.75, 3.05) is 0 Å². The first-order chi connectivity index (χ1) is 9.11. The van der Waals surface area contributed by atoms with Crippen molar-refractivity contribution in [3.63, 3.8) is 0 Å². The van der Waals surface area contributed by atoms with Crippen LogP contribution < -0.4 is 4.74 Å². The molecule has 0 aromatic heterocycles. The molecule has 19 heavy (non-hydrogen) atoms. The molecule has 2 aromatic rings. The number of alkyl halides is 1. The first kappa shape index (κ1) is 13.8. The fraction of sp³-hybridized carbons (Fsp3) is 0.0769. The first-order valence-electron chi connectivity index (χ1n) is 5.37. The molecule has 0 aliphatic heterocycles. The maximum Gasteiger partial charge on any atom is 0.311 e. The third-order valence-corrected chi connectivity index (χ3v) is 3.29. The number of nitro groups is 1. The molecule has 98 valence electrons. The topological polar surface area (TPSA) is 52.4 Å². The molecule has 0 unspecified atom stereocenters. The van der Waals surface area contributed by atoms with Crippen molar-refractivity contribution in [3.8, 4) is 11.5 Å². The minimum atomic E-state index is -0.473. The summed E-state index contributed by atoms with van der Waals surface area (Å²) in [6.07, 6.45) is 0. The Kier molecular flexibility index (Phi) is 4.39. The molecule has 2 aromatic carbocycles. The van der Waals surface area contributed by atoms with E-state index < -0.39 is 4.92 Å². The summed E-state index contributed by atoms with van der Waals surface area (Å²) in [7, 11) is 0. The zero-order chi connectivity index (χ0) is 13.8. The predicted octanol–water partition coefficient (Wildman–Crippen LogP) is 4.94. The van der Waals surface area contributed by atoms with Gasteiger partial charge in [0.1, 0.15) is 5.75 Å². The molecule has 0 amide bonds. The molecule has 6 heteroatoms. The summed E-state index contributed by atoms with van der Waals surface area (Å²) in [6, 6.07) is 11.4. The SMILES string of the molecule is O=[N+]([O-])c1ccccc1Oc1ccc(Cl)cc1CBr. The molecular weight excluding hydrogens is 334 g/mol. The Morgan fingerprint density at radius 2 is 1.95 bits per heavy atom. The van der Waals surface area contributed by atoms with E-state index in [0.717, 1.165) is 5.56 Å². The number of nitrogens with zero attached hydrogens (tertiary/aromatic N) is 1. The van der Waals surface area contributed by atoms with E-state index in [1.165, 1.54) is 6.07 Å². The Morgan fingerprint density at radius 3 is 2.63 bits per heavy atom. The minimum absolute atomic E-state index is 0.0713. The summed E-state index contributed by atoms with van der Waals surface area (Å²) >= 11 is 9.23. The largest absolute Gasteiger partial charge is 0.450 e. The van der Waals surface area contributed by atoms with Crippen molar-refractivity contribution >= 4 is 33.2 Å². The van der Waals surface area contributed by atoms with Crippen LogP contribution in [0.1, 0.15) is 5.56 Å². The maximum absolute atomic E-state index is 10.9. The highest BCUT2D eigenvalue weighted by atomic mass is 79.9. The molecule has 2 rings (SSSR count). The van der Waals surface area contributed by atoms with E-state index in [9.17, 15) is 10.1 Å². The number of ether oxygens (including phenoxy) is 1. The molecule has 4 nitrogen and oxygen atoms in total. The van der Waals surface area contributed by atoms with Gasteiger partial charge in [-0.05, 0) is 24.3 Å². The molecule has 0 aliphatic carbocycles. The molecule has 0 atom stereocenters. The van der Waals surface area contributed by atoms with Crippen LogP contribution in [-0.4, -0.2) is 4.92 Å². The lowest BCUT2D eigenvalue weighted by molar-refractivity contribution is -0.385. The van der Waals surface area contributed by atoms with E-state index in [1.807, 2.05) is 0 Å². The van der Waals surface area contributed by atoms with Gasteiger partial charge in [-0.2, -0.15) is 0 Å². The molecule has 0 saturated heterocycles. The van der Waals surface area contributed by atoms with Crippen LogP contribution in [0.4, 0.5) is 5.69 Å². The van der Waals surface area contributed by atoms with Crippen LogP contribution in [0.15, 0.2) is 42.5 Å². The zero-order valence-corrected chi connectivity index (χ0v) is 12.0. The molecule has 0 heterocycles. The molecule has 0 spiro atoms. The average molecular weight is 343 g/mol. The van der Waals surface area contributed by atoms with Crippen LogP contribution in [0.3, 0.4) is 0 Å². The Balaban J connectivity index is 2.39. The standard InChI is InChI=1S/C13H9BrClNO3/c14-8-9-7-10(15)5-6-12(9)19-13-4-2-1-3-11(13)16(17)18/h1-7H,8H2. The van der Waals surface area contributed by atoms with Crippen molar-refractivity contribution in [2.24, 2.45) is 0 Å². The number of benzene rings is 2. The molecule has 0 bridgehead atoms. The van der Waals surface area contributed by atoms with Gasteiger partial charge in [-0.3, -0.25) is 10.1 Å². The lowest BCUT2D eigenvalue weighted by Crippen LogP contribution is -1.94. The lowest BCUT2D eigenvalue weighted by Gasteiger charge is -2.10. The van der Waals surface area contributed by atoms with Crippen LogP contribution in [0.5, 0.6) is 11.5 Å². The van der Waals surface area contributed by atoms with E-state index in [-0.39, 0.29) is 11.4 Å². The summed E-state index contributed by atoms with van der Waals surface area (Å²) in [4.78, 5) is 10.4. The Bertz CT molecular complexity index is 619. The van der Waals surface area contributed by atoms with E-state index in [0.29, 0.717) is 16.1 Å². The number of halogens is 2. The number of rotatable bonds is 4. The smallest absolute Gasteiger partial charge is 0.311 e. The minimum Gasteiger partial charge on any atom is -0.450 e. The van der Waals surface area contributed by atoms with Crippen molar-refractivity contribution < 1.29 is 9.66 Å². The van der Waals surface area contributed by atoms with E-state index in [2.05, 4.69) is 15.9 Å². The number of hydrogen-bond donors (Lipinski definition) is 0. The van der Waals surface area contributed by atoms with Crippen LogP contribution in [0, 0.1) is 10.1 Å².